The summed E-state index contributed by atoms with van der Waals surface area (Å²) in [5.41, 5.74) is 4.14. The number of likely N-dealkylation sites (tertiary alicyclic amines) is 1. The lowest BCUT2D eigenvalue weighted by molar-refractivity contribution is -0.283. The number of phenolic OH excluding ortho intramolecular Hbond substituents is 1. The first-order valence-corrected chi connectivity index (χ1v) is 15.0. The van der Waals surface area contributed by atoms with Crippen LogP contribution < -0.4 is 10.1 Å². The van der Waals surface area contributed by atoms with E-state index in [9.17, 15) is 5.11 Å². The zero-order valence-electron chi connectivity index (χ0n) is 22.8. The van der Waals surface area contributed by atoms with Gasteiger partial charge >= 0.3 is 0 Å². The van der Waals surface area contributed by atoms with E-state index in [0.29, 0.717) is 17.2 Å². The summed E-state index contributed by atoms with van der Waals surface area (Å²) in [5, 5.41) is 15.0. The molecule has 4 bridgehead atoms. The number of nitrogens with one attached hydrogen (secondary N) is 1. The van der Waals surface area contributed by atoms with Crippen molar-refractivity contribution in [3.8, 4) is 11.5 Å². The molecule has 0 aromatic heterocycles. The molecule has 1 saturated heterocycles. The first-order valence-electron chi connectivity index (χ1n) is 15.0. The van der Waals surface area contributed by atoms with E-state index in [1.165, 1.54) is 55.5 Å². The monoisotopic (exact) mass is 512 g/mol. The molecule has 0 radical (unpaired) electrons. The number of nitrogens with zero attached hydrogens (tertiary/aromatic N) is 1. The normalized spacial score (nSPS) is 44.9. The summed E-state index contributed by atoms with van der Waals surface area (Å²) in [7, 11) is 1.93. The molecule has 2 aliphatic heterocycles. The van der Waals surface area contributed by atoms with Crippen molar-refractivity contribution < 1.29 is 14.6 Å². The molecule has 6 aliphatic carbocycles. The van der Waals surface area contributed by atoms with Gasteiger partial charge in [0.25, 0.3) is 0 Å². The van der Waals surface area contributed by atoms with Crippen LogP contribution in [-0.2, 0) is 23.1 Å². The summed E-state index contributed by atoms with van der Waals surface area (Å²) in [6.45, 7) is 6.77. The molecule has 5 saturated carbocycles. The fourth-order valence-electron chi connectivity index (χ4n) is 11.7. The number of hydrogen-bond acceptors (Lipinski definition) is 5. The SMILES string of the molecule is COC12CC[C@@]3(C[C@]1(C)CNCc1ccccc1)[C@@H]1N(CC4CC4)CC14Cc1ccc(O)c5c1[C@@]3(C4)[C@H]2O5. The second-order valence-corrected chi connectivity index (χ2v) is 14.5. The third-order valence-corrected chi connectivity index (χ3v) is 12.7. The van der Waals surface area contributed by atoms with Crippen molar-refractivity contribution in [2.24, 2.45) is 22.2 Å². The maximum absolute atomic E-state index is 11.1. The molecule has 2 heterocycles. The summed E-state index contributed by atoms with van der Waals surface area (Å²) < 4.78 is 13.8. The fourth-order valence-corrected chi connectivity index (χ4v) is 11.7. The Kier molecular flexibility index (Phi) is 4.17. The van der Waals surface area contributed by atoms with Crippen LogP contribution in [0.5, 0.6) is 11.5 Å². The predicted octanol–water partition coefficient (Wildman–Crippen LogP) is 4.80. The van der Waals surface area contributed by atoms with Crippen LogP contribution in [0.2, 0.25) is 0 Å². The van der Waals surface area contributed by atoms with Gasteiger partial charge in [-0.3, -0.25) is 4.90 Å². The summed E-state index contributed by atoms with van der Waals surface area (Å²) in [6, 6.07) is 15.5. The molecule has 2 unspecified atom stereocenters. The largest absolute Gasteiger partial charge is 0.504 e. The van der Waals surface area contributed by atoms with E-state index in [1.54, 1.807) is 0 Å². The Morgan fingerprint density at radius 3 is 2.74 bits per heavy atom. The third-order valence-electron chi connectivity index (χ3n) is 12.7. The smallest absolute Gasteiger partial charge is 0.165 e. The lowest BCUT2D eigenvalue weighted by atomic mass is 9.37. The Bertz CT molecular complexity index is 1340. The molecule has 200 valence electrons. The molecule has 38 heavy (non-hydrogen) atoms. The predicted molar refractivity (Wildman–Crippen MR) is 145 cm³/mol. The van der Waals surface area contributed by atoms with Crippen LogP contribution in [0.3, 0.4) is 0 Å². The minimum Gasteiger partial charge on any atom is -0.504 e. The molecule has 2 aromatic carbocycles. The average molecular weight is 513 g/mol. The van der Waals surface area contributed by atoms with Crippen molar-refractivity contribution in [1.82, 2.24) is 10.2 Å². The van der Waals surface area contributed by atoms with Crippen LogP contribution in [-0.4, -0.2) is 54.5 Å². The van der Waals surface area contributed by atoms with Gasteiger partial charge in [-0.05, 0) is 68.1 Å². The first-order chi connectivity index (χ1) is 18.4. The fraction of sp³-hybridized carbons (Fsp3) is 0.636. The van der Waals surface area contributed by atoms with Gasteiger partial charge in [-0.15, -0.1) is 0 Å². The van der Waals surface area contributed by atoms with Crippen molar-refractivity contribution in [1.29, 1.82) is 0 Å². The van der Waals surface area contributed by atoms with Gasteiger partial charge in [-0.25, -0.2) is 0 Å². The molecule has 2 aromatic rings. The van der Waals surface area contributed by atoms with Crippen molar-refractivity contribution in [2.45, 2.75) is 81.6 Å². The quantitative estimate of drug-likeness (QED) is 0.558. The minimum atomic E-state index is -0.384. The summed E-state index contributed by atoms with van der Waals surface area (Å²) >= 11 is 0. The van der Waals surface area contributed by atoms with Crippen molar-refractivity contribution >= 4 is 0 Å². The molecule has 0 amide bonds. The maximum atomic E-state index is 11.1. The third kappa shape index (κ3) is 2.36. The van der Waals surface area contributed by atoms with Gasteiger partial charge in [0, 0.05) is 66.6 Å². The van der Waals surface area contributed by atoms with Gasteiger partial charge in [0.05, 0.1) is 0 Å². The molecule has 8 aliphatic rings. The van der Waals surface area contributed by atoms with Gasteiger partial charge in [0.15, 0.2) is 11.5 Å². The van der Waals surface area contributed by atoms with E-state index in [4.69, 9.17) is 9.47 Å². The second kappa shape index (κ2) is 6.97. The van der Waals surface area contributed by atoms with Gasteiger partial charge in [0.2, 0.25) is 0 Å². The lowest BCUT2D eigenvalue weighted by Gasteiger charge is -2.71. The van der Waals surface area contributed by atoms with Gasteiger partial charge in [-0.2, -0.15) is 0 Å². The van der Waals surface area contributed by atoms with Crippen molar-refractivity contribution in [3.05, 3.63) is 59.2 Å². The number of ether oxygens (including phenoxy) is 2. The zero-order chi connectivity index (χ0) is 25.5. The van der Waals surface area contributed by atoms with Gasteiger partial charge < -0.3 is 19.9 Å². The Morgan fingerprint density at radius 1 is 1.11 bits per heavy atom. The van der Waals surface area contributed by atoms with E-state index in [2.05, 4.69) is 53.5 Å². The van der Waals surface area contributed by atoms with E-state index >= 15 is 0 Å². The summed E-state index contributed by atoms with van der Waals surface area (Å²) in [6.07, 6.45) is 8.53. The Morgan fingerprint density at radius 2 is 1.95 bits per heavy atom. The van der Waals surface area contributed by atoms with E-state index in [0.717, 1.165) is 44.0 Å². The molecule has 5 nitrogen and oxygen atoms in total. The molecular weight excluding hydrogens is 472 g/mol. The number of methoxy groups -OCH3 is 1. The highest BCUT2D eigenvalue weighted by Crippen LogP contribution is 2.85. The Hall–Kier alpha value is -2.08. The molecule has 3 spiro atoms. The zero-order valence-corrected chi connectivity index (χ0v) is 22.8. The molecule has 6 fully saturated rings. The van der Waals surface area contributed by atoms with Gasteiger partial charge in [-0.1, -0.05) is 43.3 Å². The van der Waals surface area contributed by atoms with Crippen LogP contribution in [0.25, 0.3) is 0 Å². The van der Waals surface area contributed by atoms with E-state index in [1.807, 2.05) is 13.2 Å². The van der Waals surface area contributed by atoms with Gasteiger partial charge in [0.1, 0.15) is 11.7 Å². The number of fused-ring (bicyclic) bond motifs is 2. The summed E-state index contributed by atoms with van der Waals surface area (Å²) in [4.78, 5) is 2.91. The van der Waals surface area contributed by atoms with Crippen LogP contribution >= 0.6 is 0 Å². The number of rotatable bonds is 7. The highest BCUT2D eigenvalue weighted by atomic mass is 16.6. The van der Waals surface area contributed by atoms with E-state index in [-0.39, 0.29) is 27.9 Å². The van der Waals surface area contributed by atoms with Crippen LogP contribution in [0.15, 0.2) is 42.5 Å². The van der Waals surface area contributed by atoms with E-state index < -0.39 is 0 Å². The van der Waals surface area contributed by atoms with Crippen molar-refractivity contribution in [3.63, 3.8) is 0 Å². The Balaban J connectivity index is 1.19. The number of hydrogen-bond donors (Lipinski definition) is 2. The molecular formula is C33H40N2O3. The van der Waals surface area contributed by atoms with Crippen molar-refractivity contribution in [2.75, 3.05) is 26.7 Å². The minimum absolute atomic E-state index is 0.0429. The van der Waals surface area contributed by atoms with Crippen LogP contribution in [0.1, 0.15) is 62.1 Å². The van der Waals surface area contributed by atoms with Crippen LogP contribution in [0, 0.1) is 22.2 Å². The highest BCUT2D eigenvalue weighted by molar-refractivity contribution is 5.65. The second-order valence-electron chi connectivity index (χ2n) is 14.5. The molecule has 10 rings (SSSR count). The number of phenols is 1. The van der Waals surface area contributed by atoms with Crippen LogP contribution in [0.4, 0.5) is 0 Å². The highest BCUT2D eigenvalue weighted by Gasteiger charge is 2.89. The average Bonchev–Trinajstić information content (AvgIpc) is 3.61. The number of benzene rings is 2. The lowest BCUT2D eigenvalue weighted by Crippen LogP contribution is -2.79. The Labute approximate surface area is 225 Å². The molecule has 5 heteroatoms. The summed E-state index contributed by atoms with van der Waals surface area (Å²) in [5.74, 6) is 2.01. The maximum Gasteiger partial charge on any atom is 0.165 e. The number of aromatic hydroxyl groups is 1. The standard InChI is InChI=1S/C33H40N2O3/c1-29(19-34-15-21-6-4-3-5-7-21)17-31-12-13-33(29,37-2)28-32(31)18-30(20-35(27(30)31)16-22-8-9-22)14-23-10-11-24(36)26(38-28)25(23)32/h3-7,10-11,22,27-28,34,36H,8-9,12-20H2,1-2H3/t27-,28-,29-,30?,31-,32+,33?/m1/s1. The molecule has 7 atom stereocenters. The molecule has 2 N–H and O–H groups in total. The topological polar surface area (TPSA) is 54.0 Å². The first kappa shape index (κ1) is 22.7.